The fourth-order valence-corrected chi connectivity index (χ4v) is 4.42. The number of amides is 1. The van der Waals surface area contributed by atoms with Gasteiger partial charge in [-0.05, 0) is 35.4 Å². The average Bonchev–Trinajstić information content (AvgIpc) is 3.32. The van der Waals surface area contributed by atoms with Crippen LogP contribution in [0.2, 0.25) is 15.1 Å². The van der Waals surface area contributed by atoms with Crippen LogP contribution in [0.3, 0.4) is 0 Å². The lowest BCUT2D eigenvalue weighted by Gasteiger charge is -2.27. The third kappa shape index (κ3) is 3.61. The Morgan fingerprint density at radius 3 is 2.35 bits per heavy atom. The number of nitrogens with one attached hydrogen (secondary N) is 1. The largest absolute Gasteiger partial charge is 0.322 e. The Hall–Kier alpha value is -2.79. The highest BCUT2D eigenvalue weighted by Crippen LogP contribution is 2.44. The molecule has 1 atom stereocenters. The smallest absolute Gasteiger partial charge is 0.273 e. The summed E-state index contributed by atoms with van der Waals surface area (Å²) in [5, 5.41) is 9.00. The van der Waals surface area contributed by atoms with Crippen molar-refractivity contribution < 1.29 is 4.79 Å². The van der Waals surface area contributed by atoms with Crippen molar-refractivity contribution in [3.05, 3.63) is 110 Å². The molecule has 2 heterocycles. The Balaban J connectivity index is 1.65. The van der Waals surface area contributed by atoms with Crippen molar-refractivity contribution in [3.63, 3.8) is 0 Å². The van der Waals surface area contributed by atoms with Crippen molar-refractivity contribution in [1.29, 1.82) is 0 Å². The predicted molar refractivity (Wildman–Crippen MR) is 124 cm³/mol. The number of benzene rings is 3. The number of aromatic amines is 1. The summed E-state index contributed by atoms with van der Waals surface area (Å²) >= 11 is 18.5. The van der Waals surface area contributed by atoms with Gasteiger partial charge in [0, 0.05) is 22.7 Å². The quantitative estimate of drug-likeness (QED) is 0.359. The van der Waals surface area contributed by atoms with Crippen LogP contribution in [0.25, 0.3) is 11.3 Å². The summed E-state index contributed by atoms with van der Waals surface area (Å²) < 4.78 is 0. The van der Waals surface area contributed by atoms with Crippen LogP contribution in [0.1, 0.15) is 33.2 Å². The van der Waals surface area contributed by atoms with Crippen molar-refractivity contribution in [3.8, 4) is 11.3 Å². The summed E-state index contributed by atoms with van der Waals surface area (Å²) in [7, 11) is 0. The van der Waals surface area contributed by atoms with E-state index in [2.05, 4.69) is 10.2 Å². The molecule has 0 spiro atoms. The van der Waals surface area contributed by atoms with Gasteiger partial charge in [0.25, 0.3) is 5.91 Å². The molecule has 4 aromatic rings. The summed E-state index contributed by atoms with van der Waals surface area (Å²) in [6.45, 7) is 0.414. The Morgan fingerprint density at radius 2 is 1.65 bits per heavy atom. The van der Waals surface area contributed by atoms with Crippen LogP contribution in [0.15, 0.2) is 72.8 Å². The van der Waals surface area contributed by atoms with E-state index in [1.807, 2.05) is 71.6 Å². The molecule has 5 rings (SSSR count). The first-order valence-corrected chi connectivity index (χ1v) is 10.8. The number of halogens is 3. The minimum atomic E-state index is -0.359. The third-order valence-corrected chi connectivity index (χ3v) is 6.43. The van der Waals surface area contributed by atoms with Gasteiger partial charge in [0.2, 0.25) is 0 Å². The Kier molecular flexibility index (Phi) is 5.22. The van der Waals surface area contributed by atoms with E-state index in [1.165, 1.54) is 0 Å². The molecule has 1 N–H and O–H groups in total. The number of carbonyl (C=O) groups excluding carboxylic acids is 1. The Bertz CT molecular complexity index is 1270. The van der Waals surface area contributed by atoms with Crippen LogP contribution in [0.4, 0.5) is 0 Å². The normalized spacial score (nSPS) is 15.4. The number of fused-ring (bicyclic) bond motifs is 1. The van der Waals surface area contributed by atoms with Gasteiger partial charge in [-0.2, -0.15) is 5.10 Å². The number of aromatic nitrogens is 2. The second-order valence-electron chi connectivity index (χ2n) is 7.36. The van der Waals surface area contributed by atoms with Crippen LogP contribution in [-0.2, 0) is 6.54 Å². The molecule has 1 aliphatic rings. The van der Waals surface area contributed by atoms with E-state index in [0.29, 0.717) is 27.3 Å². The maximum absolute atomic E-state index is 13.4. The van der Waals surface area contributed by atoms with E-state index in [1.54, 1.807) is 6.07 Å². The first kappa shape index (κ1) is 20.1. The average molecular weight is 469 g/mol. The Morgan fingerprint density at radius 1 is 0.903 bits per heavy atom. The summed E-state index contributed by atoms with van der Waals surface area (Å²) in [6.07, 6.45) is 0. The molecular formula is C24H16Cl3N3O. The summed E-state index contributed by atoms with van der Waals surface area (Å²) in [5.74, 6) is -0.115. The molecule has 4 nitrogen and oxygen atoms in total. The monoisotopic (exact) mass is 467 g/mol. The van der Waals surface area contributed by atoms with Crippen LogP contribution in [0.5, 0.6) is 0 Å². The van der Waals surface area contributed by atoms with Gasteiger partial charge in [0.15, 0.2) is 0 Å². The molecule has 1 unspecified atom stereocenters. The fourth-order valence-electron chi connectivity index (χ4n) is 3.99. The number of hydrogen-bond acceptors (Lipinski definition) is 2. The number of H-pyrrole nitrogens is 1. The SMILES string of the molecule is O=C1c2[nH]nc(-c3ccccc3)c2C(c2ccc(Cl)c(Cl)c2)N1Cc1ccc(Cl)cc1. The van der Waals surface area contributed by atoms with Crippen molar-refractivity contribution in [1.82, 2.24) is 15.1 Å². The minimum absolute atomic E-state index is 0.115. The van der Waals surface area contributed by atoms with Gasteiger partial charge in [0.1, 0.15) is 5.69 Å². The van der Waals surface area contributed by atoms with Gasteiger partial charge < -0.3 is 4.90 Å². The zero-order chi connectivity index (χ0) is 21.5. The van der Waals surface area contributed by atoms with Gasteiger partial charge >= 0.3 is 0 Å². The number of rotatable bonds is 4. The zero-order valence-corrected chi connectivity index (χ0v) is 18.4. The van der Waals surface area contributed by atoms with E-state index in [4.69, 9.17) is 34.8 Å². The van der Waals surface area contributed by atoms with Crippen LogP contribution in [-0.4, -0.2) is 21.0 Å². The first-order valence-electron chi connectivity index (χ1n) is 9.67. The molecule has 0 bridgehead atoms. The van der Waals surface area contributed by atoms with Gasteiger partial charge in [0.05, 0.1) is 21.8 Å². The maximum atomic E-state index is 13.4. The van der Waals surface area contributed by atoms with Crippen LogP contribution in [0, 0.1) is 0 Å². The molecule has 154 valence electrons. The molecular weight excluding hydrogens is 453 g/mol. The molecule has 7 heteroatoms. The fraction of sp³-hybridized carbons (Fsp3) is 0.0833. The summed E-state index contributed by atoms with van der Waals surface area (Å²) in [4.78, 5) is 15.2. The molecule has 3 aromatic carbocycles. The molecule has 31 heavy (non-hydrogen) atoms. The highest BCUT2D eigenvalue weighted by Gasteiger charge is 2.42. The topological polar surface area (TPSA) is 49.0 Å². The van der Waals surface area contributed by atoms with Crippen molar-refractivity contribution >= 4 is 40.7 Å². The van der Waals surface area contributed by atoms with Gasteiger partial charge in [-0.1, -0.05) is 83.3 Å². The van der Waals surface area contributed by atoms with Gasteiger partial charge in [-0.15, -0.1) is 0 Å². The lowest BCUT2D eigenvalue weighted by Crippen LogP contribution is -2.29. The molecule has 0 fully saturated rings. The van der Waals surface area contributed by atoms with Crippen molar-refractivity contribution in [2.24, 2.45) is 0 Å². The second-order valence-corrected chi connectivity index (χ2v) is 8.61. The molecule has 0 saturated carbocycles. The number of nitrogens with zero attached hydrogens (tertiary/aromatic N) is 2. The van der Waals surface area contributed by atoms with E-state index in [9.17, 15) is 4.79 Å². The predicted octanol–water partition coefficient (Wildman–Crippen LogP) is 6.78. The van der Waals surface area contributed by atoms with Gasteiger partial charge in [-0.3, -0.25) is 9.89 Å². The van der Waals surface area contributed by atoms with Crippen LogP contribution < -0.4 is 0 Å². The second kappa shape index (κ2) is 8.04. The van der Waals surface area contributed by atoms with Crippen molar-refractivity contribution in [2.75, 3.05) is 0 Å². The maximum Gasteiger partial charge on any atom is 0.273 e. The highest BCUT2D eigenvalue weighted by molar-refractivity contribution is 6.42. The van der Waals surface area contributed by atoms with E-state index in [-0.39, 0.29) is 11.9 Å². The molecule has 1 aliphatic heterocycles. The molecule has 0 radical (unpaired) electrons. The third-order valence-electron chi connectivity index (χ3n) is 5.44. The lowest BCUT2D eigenvalue weighted by molar-refractivity contribution is 0.0730. The highest BCUT2D eigenvalue weighted by atomic mass is 35.5. The zero-order valence-electron chi connectivity index (χ0n) is 16.1. The van der Waals surface area contributed by atoms with Crippen LogP contribution >= 0.6 is 34.8 Å². The number of hydrogen-bond donors (Lipinski definition) is 1. The lowest BCUT2D eigenvalue weighted by atomic mass is 9.96. The number of carbonyl (C=O) groups is 1. The van der Waals surface area contributed by atoms with Gasteiger partial charge in [-0.25, -0.2) is 0 Å². The summed E-state index contributed by atoms with van der Waals surface area (Å²) in [6, 6.07) is 22.4. The molecule has 0 saturated heterocycles. The van der Waals surface area contributed by atoms with Crippen molar-refractivity contribution in [2.45, 2.75) is 12.6 Å². The molecule has 1 aromatic heterocycles. The van der Waals surface area contributed by atoms with E-state index >= 15 is 0 Å². The Labute approximate surface area is 194 Å². The molecule has 1 amide bonds. The standard InChI is InChI=1S/C24H16Cl3N3O/c25-17-9-6-14(7-10-17)13-30-23(16-8-11-18(26)19(27)12-16)20-21(15-4-2-1-3-5-15)28-29-22(20)24(30)31/h1-12,23H,13H2,(H,28,29). The first-order chi connectivity index (χ1) is 15.0. The van der Waals surface area contributed by atoms with E-state index < -0.39 is 0 Å². The molecule has 0 aliphatic carbocycles. The minimum Gasteiger partial charge on any atom is -0.322 e. The van der Waals surface area contributed by atoms with E-state index in [0.717, 1.165) is 27.9 Å². The summed E-state index contributed by atoms with van der Waals surface area (Å²) in [5.41, 5.74) is 4.86.